The maximum Gasteiger partial charge on any atom is 0.261 e. The van der Waals surface area contributed by atoms with Crippen LogP contribution in [0.1, 0.15) is 11.1 Å². The Morgan fingerprint density at radius 1 is 0.682 bits per heavy atom. The van der Waals surface area contributed by atoms with Crippen molar-refractivity contribution in [2.45, 2.75) is 23.6 Å². The zero-order valence-electron chi connectivity index (χ0n) is 11.7. The van der Waals surface area contributed by atoms with Crippen molar-refractivity contribution in [1.29, 1.82) is 0 Å². The van der Waals surface area contributed by atoms with Gasteiger partial charge in [-0.1, -0.05) is 24.3 Å². The number of hydrogen-bond acceptors (Lipinski definition) is 4. The second-order valence-electron chi connectivity index (χ2n) is 4.87. The van der Waals surface area contributed by atoms with E-state index in [0.717, 1.165) is 0 Å². The lowest BCUT2D eigenvalue weighted by Gasteiger charge is -2.12. The summed E-state index contributed by atoms with van der Waals surface area (Å²) < 4.78 is 47.2. The fraction of sp³-hybridized carbons (Fsp3) is 0.143. The van der Waals surface area contributed by atoms with Crippen molar-refractivity contribution in [3.05, 3.63) is 47.5 Å². The molecule has 0 aliphatic carbocycles. The quantitative estimate of drug-likeness (QED) is 0.761. The first kappa shape index (κ1) is 17.3. The van der Waals surface area contributed by atoms with Gasteiger partial charge in [0.25, 0.3) is 18.1 Å². The van der Waals surface area contributed by atoms with Crippen molar-refractivity contribution < 1.29 is 16.8 Å². The summed E-state index contributed by atoms with van der Waals surface area (Å²) in [7, 11) is 2.86. The lowest BCUT2D eigenvalue weighted by atomic mass is 10.0. The van der Waals surface area contributed by atoms with E-state index in [0.29, 0.717) is 11.1 Å². The van der Waals surface area contributed by atoms with E-state index in [-0.39, 0.29) is 20.9 Å². The van der Waals surface area contributed by atoms with Crippen LogP contribution in [-0.2, 0) is 18.1 Å². The van der Waals surface area contributed by atoms with Gasteiger partial charge in [0.2, 0.25) is 0 Å². The van der Waals surface area contributed by atoms with Crippen molar-refractivity contribution in [3.8, 4) is 11.1 Å². The fourth-order valence-electron chi connectivity index (χ4n) is 2.11. The van der Waals surface area contributed by atoms with Crippen molar-refractivity contribution in [1.82, 2.24) is 0 Å². The monoisotopic (exact) mass is 378 g/mol. The number of aryl methyl sites for hydroxylation is 2. The number of halogens is 2. The number of benzene rings is 2. The lowest BCUT2D eigenvalue weighted by Crippen LogP contribution is -2.00. The van der Waals surface area contributed by atoms with E-state index in [1.807, 2.05) is 0 Å². The Morgan fingerprint density at radius 2 is 1.00 bits per heavy atom. The van der Waals surface area contributed by atoms with E-state index in [1.165, 1.54) is 24.3 Å². The van der Waals surface area contributed by atoms with Crippen LogP contribution in [0.3, 0.4) is 0 Å². The lowest BCUT2D eigenvalue weighted by molar-refractivity contribution is 0.607. The molecule has 0 aliphatic heterocycles. The van der Waals surface area contributed by atoms with Gasteiger partial charge in [0.05, 0.1) is 9.79 Å². The molecule has 0 fully saturated rings. The first-order valence-corrected chi connectivity index (χ1v) is 10.7. The molecule has 0 heterocycles. The summed E-state index contributed by atoms with van der Waals surface area (Å²) in [5.74, 6) is 0. The minimum atomic E-state index is -4.04. The van der Waals surface area contributed by atoms with Gasteiger partial charge in [0, 0.05) is 32.5 Å². The van der Waals surface area contributed by atoms with Crippen molar-refractivity contribution in [3.63, 3.8) is 0 Å². The molecule has 22 heavy (non-hydrogen) atoms. The van der Waals surface area contributed by atoms with Gasteiger partial charge >= 0.3 is 0 Å². The predicted octanol–water partition coefficient (Wildman–Crippen LogP) is 3.83. The molecule has 8 heteroatoms. The Labute approximate surface area is 138 Å². The van der Waals surface area contributed by atoms with Gasteiger partial charge in [-0.3, -0.25) is 0 Å². The maximum atomic E-state index is 11.8. The third-order valence-corrected chi connectivity index (χ3v) is 5.81. The molecule has 0 aliphatic rings. The van der Waals surface area contributed by atoms with Crippen LogP contribution in [0.4, 0.5) is 0 Å². The van der Waals surface area contributed by atoms with Crippen LogP contribution < -0.4 is 0 Å². The molecule has 0 amide bonds. The second-order valence-corrected chi connectivity index (χ2v) is 9.94. The third-order valence-electron chi connectivity index (χ3n) is 3.09. The zero-order chi connectivity index (χ0) is 16.7. The zero-order valence-corrected chi connectivity index (χ0v) is 14.8. The summed E-state index contributed by atoms with van der Waals surface area (Å²) >= 11 is 0. The molecular formula is C14H12Cl2O4S2. The maximum absolute atomic E-state index is 11.8. The molecule has 2 aromatic rings. The molecule has 0 spiro atoms. The van der Waals surface area contributed by atoms with Gasteiger partial charge in [-0.2, -0.15) is 0 Å². The smallest absolute Gasteiger partial charge is 0.207 e. The molecule has 4 nitrogen and oxygen atoms in total. The minimum Gasteiger partial charge on any atom is -0.207 e. The van der Waals surface area contributed by atoms with Crippen LogP contribution in [0, 0.1) is 13.8 Å². The Morgan fingerprint density at radius 3 is 1.27 bits per heavy atom. The first-order chi connectivity index (χ1) is 10.00. The summed E-state index contributed by atoms with van der Waals surface area (Å²) in [4.78, 5) is -0.306. The largest absolute Gasteiger partial charge is 0.261 e. The van der Waals surface area contributed by atoms with E-state index in [9.17, 15) is 16.8 Å². The molecule has 0 N–H and O–H groups in total. The molecule has 2 aromatic carbocycles. The highest BCUT2D eigenvalue weighted by molar-refractivity contribution is 8.14. The third kappa shape index (κ3) is 3.63. The molecule has 0 saturated carbocycles. The molecule has 0 radical (unpaired) electrons. The molecule has 118 valence electrons. The van der Waals surface area contributed by atoms with Crippen LogP contribution in [0.5, 0.6) is 0 Å². The Bertz CT molecular complexity index is 869. The van der Waals surface area contributed by atoms with E-state index in [1.54, 1.807) is 26.0 Å². The Balaban J connectivity index is 2.90. The van der Waals surface area contributed by atoms with Crippen molar-refractivity contribution in [2.75, 3.05) is 0 Å². The van der Waals surface area contributed by atoms with E-state index < -0.39 is 18.1 Å². The average Bonchev–Trinajstić information content (AvgIpc) is 2.37. The number of rotatable bonds is 3. The highest BCUT2D eigenvalue weighted by Crippen LogP contribution is 2.36. The molecule has 2 rings (SSSR count). The average molecular weight is 379 g/mol. The van der Waals surface area contributed by atoms with Crippen LogP contribution in [0.25, 0.3) is 11.1 Å². The standard InChI is InChI=1S/C14H12Cl2O4S2/c1-9-3-5-11(13(7-9)21(15,17)18)12-6-4-10(2)8-14(12)22(16,19)20/h3-8H,1-2H3. The number of hydrogen-bond donors (Lipinski definition) is 0. The summed E-state index contributed by atoms with van der Waals surface area (Å²) in [6.07, 6.45) is 0. The van der Waals surface area contributed by atoms with Crippen LogP contribution >= 0.6 is 21.4 Å². The highest BCUT2D eigenvalue weighted by atomic mass is 35.7. The molecular weight excluding hydrogens is 367 g/mol. The second kappa shape index (κ2) is 5.85. The Hall–Kier alpha value is -1.08. The summed E-state index contributed by atoms with van der Waals surface area (Å²) in [6.45, 7) is 3.42. The van der Waals surface area contributed by atoms with E-state index >= 15 is 0 Å². The fourth-order valence-corrected chi connectivity index (χ4v) is 4.41. The van der Waals surface area contributed by atoms with E-state index in [2.05, 4.69) is 0 Å². The molecule has 0 atom stereocenters. The summed E-state index contributed by atoms with van der Waals surface area (Å²) in [5.41, 5.74) is 1.76. The van der Waals surface area contributed by atoms with Gasteiger partial charge in [-0.15, -0.1) is 0 Å². The molecule has 0 unspecified atom stereocenters. The van der Waals surface area contributed by atoms with E-state index in [4.69, 9.17) is 21.4 Å². The van der Waals surface area contributed by atoms with Crippen LogP contribution in [0.2, 0.25) is 0 Å². The van der Waals surface area contributed by atoms with Gasteiger partial charge in [0.15, 0.2) is 0 Å². The highest BCUT2D eigenvalue weighted by Gasteiger charge is 2.23. The predicted molar refractivity (Wildman–Crippen MR) is 87.4 cm³/mol. The normalized spacial score (nSPS) is 12.4. The van der Waals surface area contributed by atoms with Gasteiger partial charge in [-0.25, -0.2) is 16.8 Å². The van der Waals surface area contributed by atoms with Crippen LogP contribution in [-0.4, -0.2) is 16.8 Å². The topological polar surface area (TPSA) is 68.3 Å². The van der Waals surface area contributed by atoms with Crippen molar-refractivity contribution >= 4 is 39.5 Å². The SMILES string of the molecule is Cc1ccc(-c2ccc(C)cc2S(=O)(=O)Cl)c(S(=O)(=O)Cl)c1. The molecule has 0 bridgehead atoms. The molecule has 0 aromatic heterocycles. The van der Waals surface area contributed by atoms with Gasteiger partial charge < -0.3 is 0 Å². The first-order valence-electron chi connectivity index (χ1n) is 6.11. The Kier molecular flexibility index (Phi) is 4.59. The van der Waals surface area contributed by atoms with Crippen molar-refractivity contribution in [2.24, 2.45) is 0 Å². The van der Waals surface area contributed by atoms with Gasteiger partial charge in [0.1, 0.15) is 0 Å². The van der Waals surface area contributed by atoms with Crippen LogP contribution in [0.15, 0.2) is 46.2 Å². The molecule has 0 saturated heterocycles. The summed E-state index contributed by atoms with van der Waals surface area (Å²) in [5, 5.41) is 0. The summed E-state index contributed by atoms with van der Waals surface area (Å²) in [6, 6.07) is 9.16. The minimum absolute atomic E-state index is 0.153. The van der Waals surface area contributed by atoms with Gasteiger partial charge in [-0.05, 0) is 37.1 Å².